The van der Waals surface area contributed by atoms with Gasteiger partial charge >= 0.3 is 0 Å². The lowest BCUT2D eigenvalue weighted by Gasteiger charge is -2.12. The SMILES string of the molecule is CCn1c(C)cc2c(OCC3CC3)cc(Cc3cnc(N)nc3N)cc21. The van der Waals surface area contributed by atoms with E-state index in [-0.39, 0.29) is 5.95 Å². The normalized spacial score (nSPS) is 14.1. The van der Waals surface area contributed by atoms with E-state index >= 15 is 0 Å². The van der Waals surface area contributed by atoms with Crippen LogP contribution in [0, 0.1) is 12.8 Å². The molecule has 1 aromatic carbocycles. The maximum absolute atomic E-state index is 6.19. The monoisotopic (exact) mass is 351 g/mol. The summed E-state index contributed by atoms with van der Waals surface area (Å²) >= 11 is 0. The second-order valence-electron chi connectivity index (χ2n) is 7.13. The van der Waals surface area contributed by atoms with E-state index in [0.29, 0.717) is 18.2 Å². The Hall–Kier alpha value is -2.76. The first-order valence-electron chi connectivity index (χ1n) is 9.17. The van der Waals surface area contributed by atoms with E-state index in [1.54, 1.807) is 6.20 Å². The average Bonchev–Trinajstić information content (AvgIpc) is 3.37. The molecule has 6 heteroatoms. The molecule has 0 unspecified atom stereocenters. The molecule has 2 aromatic heterocycles. The van der Waals surface area contributed by atoms with Gasteiger partial charge in [-0.3, -0.25) is 0 Å². The second kappa shape index (κ2) is 6.52. The van der Waals surface area contributed by atoms with E-state index in [1.807, 2.05) is 0 Å². The van der Waals surface area contributed by atoms with Crippen LogP contribution in [0.25, 0.3) is 10.9 Å². The second-order valence-corrected chi connectivity index (χ2v) is 7.13. The summed E-state index contributed by atoms with van der Waals surface area (Å²) in [4.78, 5) is 8.14. The molecule has 6 nitrogen and oxygen atoms in total. The smallest absolute Gasteiger partial charge is 0.221 e. The molecular weight excluding hydrogens is 326 g/mol. The Morgan fingerprint density at radius 3 is 2.73 bits per heavy atom. The third-order valence-electron chi connectivity index (χ3n) is 5.05. The summed E-state index contributed by atoms with van der Waals surface area (Å²) in [5, 5.41) is 1.18. The van der Waals surface area contributed by atoms with Gasteiger partial charge in [0.25, 0.3) is 0 Å². The number of fused-ring (bicyclic) bond motifs is 1. The van der Waals surface area contributed by atoms with Crippen LogP contribution in [-0.4, -0.2) is 21.1 Å². The van der Waals surface area contributed by atoms with Crippen LogP contribution in [0.4, 0.5) is 11.8 Å². The first-order chi connectivity index (χ1) is 12.5. The number of rotatable bonds is 6. The number of nitrogen functional groups attached to an aromatic ring is 2. The van der Waals surface area contributed by atoms with Crippen LogP contribution in [0.2, 0.25) is 0 Å². The predicted molar refractivity (Wildman–Crippen MR) is 104 cm³/mol. The molecule has 0 spiro atoms. The summed E-state index contributed by atoms with van der Waals surface area (Å²) in [5.41, 5.74) is 16.1. The molecular formula is C20H25N5O. The molecule has 3 aromatic rings. The fourth-order valence-electron chi connectivity index (χ4n) is 3.44. The molecule has 4 N–H and O–H groups in total. The molecule has 0 saturated heterocycles. The summed E-state index contributed by atoms with van der Waals surface area (Å²) in [5.74, 6) is 2.30. The number of anilines is 2. The molecule has 0 amide bonds. The van der Waals surface area contributed by atoms with Gasteiger partial charge in [0.1, 0.15) is 11.6 Å². The van der Waals surface area contributed by atoms with Crippen LogP contribution < -0.4 is 16.2 Å². The molecule has 136 valence electrons. The molecule has 4 rings (SSSR count). The van der Waals surface area contributed by atoms with E-state index < -0.39 is 0 Å². The van der Waals surface area contributed by atoms with Crippen LogP contribution in [-0.2, 0) is 13.0 Å². The fourth-order valence-corrected chi connectivity index (χ4v) is 3.44. The summed E-state index contributed by atoms with van der Waals surface area (Å²) in [6.07, 6.45) is 4.90. The van der Waals surface area contributed by atoms with E-state index in [2.05, 4.69) is 46.6 Å². The summed E-state index contributed by atoms with van der Waals surface area (Å²) in [6, 6.07) is 6.55. The Balaban J connectivity index is 1.75. The van der Waals surface area contributed by atoms with E-state index in [4.69, 9.17) is 16.2 Å². The largest absolute Gasteiger partial charge is 0.493 e. The van der Waals surface area contributed by atoms with Crippen LogP contribution >= 0.6 is 0 Å². The molecule has 0 radical (unpaired) electrons. The molecule has 1 aliphatic carbocycles. The van der Waals surface area contributed by atoms with E-state index in [1.165, 1.54) is 29.4 Å². The lowest BCUT2D eigenvalue weighted by atomic mass is 10.0. The van der Waals surface area contributed by atoms with Gasteiger partial charge < -0.3 is 20.8 Å². The van der Waals surface area contributed by atoms with Crippen LogP contribution in [0.15, 0.2) is 24.4 Å². The lowest BCUT2D eigenvalue weighted by molar-refractivity contribution is 0.303. The van der Waals surface area contributed by atoms with Crippen molar-refractivity contribution in [1.82, 2.24) is 14.5 Å². The Morgan fingerprint density at radius 2 is 2.04 bits per heavy atom. The van der Waals surface area contributed by atoms with Crippen molar-refractivity contribution in [2.24, 2.45) is 5.92 Å². The first-order valence-corrected chi connectivity index (χ1v) is 9.17. The van der Waals surface area contributed by atoms with Crippen molar-refractivity contribution in [2.45, 2.75) is 39.7 Å². The van der Waals surface area contributed by atoms with Gasteiger partial charge in [-0.25, -0.2) is 4.98 Å². The van der Waals surface area contributed by atoms with Gasteiger partial charge in [0.15, 0.2) is 0 Å². The maximum Gasteiger partial charge on any atom is 0.221 e. The Labute approximate surface area is 153 Å². The van der Waals surface area contributed by atoms with Crippen molar-refractivity contribution in [3.05, 3.63) is 41.2 Å². The highest BCUT2D eigenvalue weighted by molar-refractivity contribution is 5.88. The minimum Gasteiger partial charge on any atom is -0.493 e. The van der Waals surface area contributed by atoms with Gasteiger partial charge in [-0.2, -0.15) is 4.98 Å². The quantitative estimate of drug-likeness (QED) is 0.711. The standard InChI is InChI=1S/C20H25N5O/c1-3-25-12(2)6-16-17(25)8-14(9-18(16)26-11-13-4-5-13)7-15-10-23-20(22)24-19(15)21/h6,8-10,13H,3-5,7,11H2,1-2H3,(H4,21,22,23,24). The number of hydrogen-bond donors (Lipinski definition) is 2. The minimum atomic E-state index is 0.200. The van der Waals surface area contributed by atoms with Gasteiger partial charge in [0, 0.05) is 35.8 Å². The van der Waals surface area contributed by atoms with E-state index in [0.717, 1.165) is 30.0 Å². The molecule has 1 fully saturated rings. The van der Waals surface area contributed by atoms with Crippen LogP contribution in [0.5, 0.6) is 5.75 Å². The summed E-state index contributed by atoms with van der Waals surface area (Å²) in [6.45, 7) is 6.02. The van der Waals surface area contributed by atoms with Crippen molar-refractivity contribution >= 4 is 22.7 Å². The number of aromatic nitrogens is 3. The molecule has 0 bridgehead atoms. The predicted octanol–water partition coefficient (Wildman–Crippen LogP) is 3.30. The van der Waals surface area contributed by atoms with Gasteiger partial charge in [-0.05, 0) is 56.4 Å². The fraction of sp³-hybridized carbons (Fsp3) is 0.400. The first kappa shape index (κ1) is 16.7. The van der Waals surface area contributed by atoms with Gasteiger partial charge in [0.2, 0.25) is 5.95 Å². The Bertz CT molecular complexity index is 958. The number of aryl methyl sites for hydroxylation is 2. The van der Waals surface area contributed by atoms with Crippen molar-refractivity contribution < 1.29 is 4.74 Å². The zero-order valence-corrected chi connectivity index (χ0v) is 15.3. The zero-order chi connectivity index (χ0) is 18.3. The number of nitrogens with two attached hydrogens (primary N) is 2. The minimum absolute atomic E-state index is 0.200. The van der Waals surface area contributed by atoms with Crippen LogP contribution in [0.1, 0.15) is 36.6 Å². The number of nitrogens with zero attached hydrogens (tertiary/aromatic N) is 3. The van der Waals surface area contributed by atoms with Gasteiger partial charge in [-0.1, -0.05) is 0 Å². The summed E-state index contributed by atoms with van der Waals surface area (Å²) < 4.78 is 8.50. The summed E-state index contributed by atoms with van der Waals surface area (Å²) in [7, 11) is 0. The Kier molecular flexibility index (Phi) is 4.18. The highest BCUT2D eigenvalue weighted by Crippen LogP contribution is 2.35. The number of ether oxygens (including phenoxy) is 1. The molecule has 1 aliphatic rings. The average molecular weight is 351 g/mol. The molecule has 1 saturated carbocycles. The lowest BCUT2D eigenvalue weighted by Crippen LogP contribution is -2.05. The van der Waals surface area contributed by atoms with Crippen molar-refractivity contribution in [1.29, 1.82) is 0 Å². The Morgan fingerprint density at radius 1 is 1.23 bits per heavy atom. The van der Waals surface area contributed by atoms with Crippen molar-refractivity contribution in [3.8, 4) is 5.75 Å². The van der Waals surface area contributed by atoms with E-state index in [9.17, 15) is 0 Å². The third kappa shape index (κ3) is 3.19. The van der Waals surface area contributed by atoms with Crippen molar-refractivity contribution in [3.63, 3.8) is 0 Å². The number of hydrogen-bond acceptors (Lipinski definition) is 5. The molecule has 26 heavy (non-hydrogen) atoms. The third-order valence-corrected chi connectivity index (χ3v) is 5.05. The molecule has 2 heterocycles. The zero-order valence-electron chi connectivity index (χ0n) is 15.3. The van der Waals surface area contributed by atoms with Crippen molar-refractivity contribution in [2.75, 3.05) is 18.1 Å². The van der Waals surface area contributed by atoms with Crippen LogP contribution in [0.3, 0.4) is 0 Å². The van der Waals surface area contributed by atoms with Gasteiger partial charge in [-0.15, -0.1) is 0 Å². The molecule has 0 aliphatic heterocycles. The van der Waals surface area contributed by atoms with Gasteiger partial charge in [0.05, 0.1) is 12.1 Å². The highest BCUT2D eigenvalue weighted by atomic mass is 16.5. The maximum atomic E-state index is 6.19. The number of benzene rings is 1. The topological polar surface area (TPSA) is 92.0 Å². The highest BCUT2D eigenvalue weighted by Gasteiger charge is 2.23. The molecule has 0 atom stereocenters.